The molecular formula is C2H3BiO2+2. The number of carbonyl (C=O) groups is 1. The molecule has 0 fully saturated rings. The van der Waals surface area contributed by atoms with Crippen molar-refractivity contribution in [1.82, 2.24) is 0 Å². The summed E-state index contributed by atoms with van der Waals surface area (Å²) >= 11 is 0. The Labute approximate surface area is 49.3 Å². The van der Waals surface area contributed by atoms with E-state index >= 15 is 0 Å². The number of carbonyl (C=O) groups excluding carboxylic acids is 1. The van der Waals surface area contributed by atoms with Crippen molar-refractivity contribution in [3.05, 3.63) is 0 Å². The molecule has 5 heavy (non-hydrogen) atoms. The van der Waals surface area contributed by atoms with Crippen LogP contribution >= 0.6 is 0 Å². The molecule has 0 N–H and O–H groups in total. The fourth-order valence-corrected chi connectivity index (χ4v) is 0. The van der Waals surface area contributed by atoms with Crippen molar-refractivity contribution >= 4 is 32.2 Å². The summed E-state index contributed by atoms with van der Waals surface area (Å²) in [6.07, 6.45) is 0. The van der Waals surface area contributed by atoms with E-state index in [1.807, 2.05) is 0 Å². The van der Waals surface area contributed by atoms with E-state index in [0.29, 0.717) is 0 Å². The van der Waals surface area contributed by atoms with Crippen molar-refractivity contribution in [3.8, 4) is 0 Å². The molecule has 0 aliphatic heterocycles. The van der Waals surface area contributed by atoms with Gasteiger partial charge in [0.2, 0.25) is 0 Å². The summed E-state index contributed by atoms with van der Waals surface area (Å²) in [5, 5.41) is 8.89. The third-order valence-corrected chi connectivity index (χ3v) is 0. The van der Waals surface area contributed by atoms with Gasteiger partial charge < -0.3 is 9.90 Å². The molecule has 0 amide bonds. The minimum absolute atomic E-state index is 0. The van der Waals surface area contributed by atoms with Crippen LogP contribution in [0.4, 0.5) is 0 Å². The van der Waals surface area contributed by atoms with Gasteiger partial charge in [0.15, 0.2) is 0 Å². The monoisotopic (exact) mass is 268 g/mol. The van der Waals surface area contributed by atoms with E-state index in [0.717, 1.165) is 6.92 Å². The summed E-state index contributed by atoms with van der Waals surface area (Å²) in [7, 11) is 0. The van der Waals surface area contributed by atoms with E-state index in [-0.39, 0.29) is 26.2 Å². The Morgan fingerprint density at radius 3 is 1.80 bits per heavy atom. The zero-order valence-corrected chi connectivity index (χ0v) is 6.24. The largest absolute Gasteiger partial charge is 3.00 e. The molecule has 0 spiro atoms. The van der Waals surface area contributed by atoms with Crippen LogP contribution in [0.1, 0.15) is 6.92 Å². The third kappa shape index (κ3) is 193. The van der Waals surface area contributed by atoms with E-state index in [2.05, 4.69) is 0 Å². The Morgan fingerprint density at radius 2 is 1.80 bits per heavy atom. The van der Waals surface area contributed by atoms with Gasteiger partial charge in [-0.15, -0.1) is 0 Å². The van der Waals surface area contributed by atoms with Crippen molar-refractivity contribution < 1.29 is 9.90 Å². The second-order valence-electron chi connectivity index (χ2n) is 0.492. The van der Waals surface area contributed by atoms with Gasteiger partial charge in [-0.25, -0.2) is 0 Å². The number of carboxylic acids is 1. The van der Waals surface area contributed by atoms with Crippen LogP contribution in [0.5, 0.6) is 0 Å². The molecule has 0 heterocycles. The van der Waals surface area contributed by atoms with Gasteiger partial charge in [0.25, 0.3) is 0 Å². The maximum Gasteiger partial charge on any atom is 3.00 e. The molecule has 0 saturated heterocycles. The Kier molecular flexibility index (Phi) is 7.85. The van der Waals surface area contributed by atoms with Gasteiger partial charge in [-0.2, -0.15) is 0 Å². The number of hydrogen-bond acceptors (Lipinski definition) is 2. The summed E-state index contributed by atoms with van der Waals surface area (Å²) in [6, 6.07) is 0. The molecule has 0 unspecified atom stereocenters. The second kappa shape index (κ2) is 4.35. The zero-order chi connectivity index (χ0) is 3.58. The molecule has 3 heteroatoms. The van der Waals surface area contributed by atoms with Gasteiger partial charge in [-0.1, -0.05) is 0 Å². The minimum Gasteiger partial charge on any atom is -0.550 e. The Bertz CT molecular complexity index is 30.6. The number of hydrogen-bond donors (Lipinski definition) is 0. The molecular weight excluding hydrogens is 265 g/mol. The Morgan fingerprint density at radius 1 is 1.80 bits per heavy atom. The van der Waals surface area contributed by atoms with Crippen molar-refractivity contribution in [2.24, 2.45) is 0 Å². The van der Waals surface area contributed by atoms with E-state index < -0.39 is 5.97 Å². The first kappa shape index (κ1) is 9.02. The topological polar surface area (TPSA) is 40.1 Å². The summed E-state index contributed by atoms with van der Waals surface area (Å²) in [5.41, 5.74) is 0. The van der Waals surface area contributed by atoms with Crippen LogP contribution in [0.15, 0.2) is 0 Å². The molecule has 0 atom stereocenters. The standard InChI is InChI=1S/C2H4O2.Bi/c1-2(3)4;/h1H3,(H,3,4);/q;+3/p-1. The number of carboxylic acid groups (broad SMARTS) is 1. The van der Waals surface area contributed by atoms with Crippen LogP contribution in [0, 0.1) is 0 Å². The van der Waals surface area contributed by atoms with Crippen molar-refractivity contribution in [2.75, 3.05) is 0 Å². The Hall–Kier alpha value is 0.353. The molecule has 0 saturated carbocycles. The maximum atomic E-state index is 8.89. The van der Waals surface area contributed by atoms with E-state index in [4.69, 9.17) is 9.90 Å². The SMILES string of the molecule is CC(=O)[O-].[Bi+3]. The fraction of sp³-hybridized carbons (Fsp3) is 0.500. The Balaban J connectivity index is 0. The van der Waals surface area contributed by atoms with E-state index in [1.54, 1.807) is 0 Å². The first-order valence-electron chi connectivity index (χ1n) is 0.908. The van der Waals surface area contributed by atoms with Gasteiger partial charge in [-0.05, 0) is 6.92 Å². The molecule has 2 nitrogen and oxygen atoms in total. The number of aliphatic carboxylic acids is 1. The van der Waals surface area contributed by atoms with Gasteiger partial charge in [0, 0.05) is 5.97 Å². The predicted molar refractivity (Wildman–Crippen MR) is 16.4 cm³/mol. The molecule has 26 valence electrons. The quantitative estimate of drug-likeness (QED) is 0.495. The molecule has 0 aromatic rings. The molecule has 0 rings (SSSR count). The summed E-state index contributed by atoms with van der Waals surface area (Å²) in [4.78, 5) is 8.89. The minimum atomic E-state index is -1.08. The van der Waals surface area contributed by atoms with Crippen LogP contribution in [0.3, 0.4) is 0 Å². The van der Waals surface area contributed by atoms with Crippen LogP contribution < -0.4 is 5.11 Å². The van der Waals surface area contributed by atoms with Crippen molar-refractivity contribution in [2.45, 2.75) is 6.92 Å². The molecule has 0 bridgehead atoms. The first-order chi connectivity index (χ1) is 1.73. The van der Waals surface area contributed by atoms with Crippen molar-refractivity contribution in [3.63, 3.8) is 0 Å². The van der Waals surface area contributed by atoms with Crippen LogP contribution in [-0.2, 0) is 4.79 Å². The van der Waals surface area contributed by atoms with Gasteiger partial charge in [0.1, 0.15) is 0 Å². The van der Waals surface area contributed by atoms with Crippen LogP contribution in [0.2, 0.25) is 0 Å². The van der Waals surface area contributed by atoms with E-state index in [9.17, 15) is 0 Å². The predicted octanol–water partition coefficient (Wildman–Crippen LogP) is -1.62. The first-order valence-corrected chi connectivity index (χ1v) is 0.908. The zero-order valence-electron chi connectivity index (χ0n) is 2.76. The third-order valence-electron chi connectivity index (χ3n) is 0. The average molecular weight is 268 g/mol. The normalized spacial score (nSPS) is 5.00. The molecule has 0 aromatic heterocycles. The second-order valence-corrected chi connectivity index (χ2v) is 0.492. The molecule has 0 aliphatic rings. The van der Waals surface area contributed by atoms with E-state index in [1.165, 1.54) is 0 Å². The van der Waals surface area contributed by atoms with Gasteiger partial charge in [0.05, 0.1) is 0 Å². The van der Waals surface area contributed by atoms with Crippen LogP contribution in [0.25, 0.3) is 0 Å². The molecule has 0 aromatic carbocycles. The summed E-state index contributed by atoms with van der Waals surface area (Å²) in [6.45, 7) is 0.972. The summed E-state index contributed by atoms with van der Waals surface area (Å²) < 4.78 is 0. The smallest absolute Gasteiger partial charge is 0.550 e. The molecule has 0 aliphatic carbocycles. The summed E-state index contributed by atoms with van der Waals surface area (Å²) in [5.74, 6) is -1.08. The van der Waals surface area contributed by atoms with Gasteiger partial charge in [-0.3, -0.25) is 0 Å². The average Bonchev–Trinajstić information content (AvgIpc) is 0.811. The molecule has 2 radical (unpaired) electrons. The maximum absolute atomic E-state index is 8.89. The van der Waals surface area contributed by atoms with Crippen molar-refractivity contribution in [1.29, 1.82) is 0 Å². The fourth-order valence-electron chi connectivity index (χ4n) is 0. The van der Waals surface area contributed by atoms with Gasteiger partial charge >= 0.3 is 26.2 Å². The number of rotatable bonds is 0. The van der Waals surface area contributed by atoms with Crippen LogP contribution in [-0.4, -0.2) is 32.2 Å².